The Morgan fingerprint density at radius 2 is 1.96 bits per heavy atom. The second-order valence-corrected chi connectivity index (χ2v) is 7.14. The lowest BCUT2D eigenvalue weighted by Crippen LogP contribution is -2.14. The highest BCUT2D eigenvalue weighted by molar-refractivity contribution is 6.06. The molecule has 0 radical (unpaired) electrons. The van der Waals surface area contributed by atoms with Crippen LogP contribution in [-0.4, -0.2) is 29.6 Å². The summed E-state index contributed by atoms with van der Waals surface area (Å²) in [6, 6.07) is 15.5. The zero-order chi connectivity index (χ0) is 18.8. The number of aryl methyl sites for hydroxylation is 2. The highest BCUT2D eigenvalue weighted by Crippen LogP contribution is 2.29. The molecule has 0 bridgehead atoms. The van der Waals surface area contributed by atoms with Gasteiger partial charge >= 0.3 is 0 Å². The first-order valence-corrected chi connectivity index (χ1v) is 9.36. The van der Waals surface area contributed by atoms with E-state index < -0.39 is 0 Å². The van der Waals surface area contributed by atoms with E-state index in [-0.39, 0.29) is 5.91 Å². The molecular weight excluding hydrogens is 336 g/mol. The summed E-state index contributed by atoms with van der Waals surface area (Å²) in [7, 11) is 3.93. The Balaban J connectivity index is 1.63. The van der Waals surface area contributed by atoms with Crippen LogP contribution in [0.2, 0.25) is 0 Å². The molecule has 0 aliphatic carbocycles. The molecule has 2 aromatic carbocycles. The van der Waals surface area contributed by atoms with Crippen molar-refractivity contribution in [2.24, 2.45) is 0 Å². The van der Waals surface area contributed by atoms with Crippen molar-refractivity contribution in [1.82, 2.24) is 9.55 Å². The molecule has 0 saturated heterocycles. The maximum Gasteiger partial charge on any atom is 0.255 e. The Labute approximate surface area is 159 Å². The minimum absolute atomic E-state index is 0.116. The number of carbonyl (C=O) groups is 1. The molecule has 2 heterocycles. The Morgan fingerprint density at radius 1 is 1.11 bits per heavy atom. The van der Waals surface area contributed by atoms with Crippen molar-refractivity contribution < 1.29 is 4.79 Å². The smallest absolute Gasteiger partial charge is 0.255 e. The van der Waals surface area contributed by atoms with Gasteiger partial charge in [-0.05, 0) is 37.1 Å². The highest BCUT2D eigenvalue weighted by Gasteiger charge is 2.16. The minimum atomic E-state index is -0.116. The van der Waals surface area contributed by atoms with Crippen LogP contribution in [0.15, 0.2) is 54.7 Å². The van der Waals surface area contributed by atoms with Crippen LogP contribution in [0, 0.1) is 0 Å². The molecule has 4 rings (SSSR count). The average molecular weight is 360 g/mol. The number of benzene rings is 2. The topological polar surface area (TPSA) is 50.2 Å². The first-order chi connectivity index (χ1) is 13.1. The molecule has 0 fully saturated rings. The van der Waals surface area contributed by atoms with Gasteiger partial charge in [-0.15, -0.1) is 0 Å². The van der Waals surface area contributed by atoms with Gasteiger partial charge in [-0.25, -0.2) is 4.98 Å². The molecule has 1 amide bonds. The van der Waals surface area contributed by atoms with E-state index in [4.69, 9.17) is 4.98 Å². The quantitative estimate of drug-likeness (QED) is 0.758. The third-order valence-corrected chi connectivity index (χ3v) is 4.98. The molecular formula is C22H24N4O. The molecule has 1 aliphatic heterocycles. The second kappa shape index (κ2) is 7.27. The molecule has 5 heteroatoms. The van der Waals surface area contributed by atoms with Gasteiger partial charge in [0.25, 0.3) is 5.91 Å². The maximum atomic E-state index is 12.8. The van der Waals surface area contributed by atoms with E-state index in [1.54, 1.807) is 0 Å². The number of para-hydroxylation sites is 1. The van der Waals surface area contributed by atoms with Crippen LogP contribution < -0.4 is 10.2 Å². The van der Waals surface area contributed by atoms with E-state index in [0.29, 0.717) is 5.56 Å². The third-order valence-electron chi connectivity index (χ3n) is 4.98. The number of rotatable bonds is 4. The zero-order valence-corrected chi connectivity index (χ0v) is 15.8. The summed E-state index contributed by atoms with van der Waals surface area (Å²) in [5, 5.41) is 3.07. The number of anilines is 2. The lowest BCUT2D eigenvalue weighted by atomic mass is 10.1. The average Bonchev–Trinajstić information content (AvgIpc) is 3.12. The van der Waals surface area contributed by atoms with E-state index in [1.165, 1.54) is 12.8 Å². The zero-order valence-electron chi connectivity index (χ0n) is 15.8. The standard InChI is InChI=1S/C22H24N4O/c1-25(2)17-9-7-8-16(14-17)22(27)24-19-11-4-3-10-18(19)20-15-26-13-6-5-12-21(26)23-20/h3-4,7-11,14-15H,5-6,12-13H2,1-2H3,(H,24,27). The van der Waals surface area contributed by atoms with E-state index >= 15 is 0 Å². The molecule has 0 unspecified atom stereocenters. The van der Waals surface area contributed by atoms with Crippen molar-refractivity contribution in [1.29, 1.82) is 0 Å². The molecule has 1 aromatic heterocycles. The Morgan fingerprint density at radius 3 is 2.78 bits per heavy atom. The molecule has 0 atom stereocenters. The Kier molecular flexibility index (Phi) is 4.67. The number of imidazole rings is 1. The largest absolute Gasteiger partial charge is 0.378 e. The predicted molar refractivity (Wildman–Crippen MR) is 109 cm³/mol. The van der Waals surface area contributed by atoms with Gasteiger partial charge in [-0.2, -0.15) is 0 Å². The lowest BCUT2D eigenvalue weighted by molar-refractivity contribution is 0.102. The van der Waals surface area contributed by atoms with Crippen LogP contribution in [0.3, 0.4) is 0 Å². The predicted octanol–water partition coefficient (Wildman–Crippen LogP) is 4.20. The summed E-state index contributed by atoms with van der Waals surface area (Å²) in [5.74, 6) is 1.02. The first-order valence-electron chi connectivity index (χ1n) is 9.36. The van der Waals surface area contributed by atoms with Crippen LogP contribution in [-0.2, 0) is 13.0 Å². The molecule has 0 saturated carbocycles. The fraction of sp³-hybridized carbons (Fsp3) is 0.273. The third kappa shape index (κ3) is 3.58. The summed E-state index contributed by atoms with van der Waals surface area (Å²) in [6.07, 6.45) is 5.51. The van der Waals surface area contributed by atoms with E-state index in [1.807, 2.05) is 67.5 Å². The van der Waals surface area contributed by atoms with Gasteiger partial charge in [-0.3, -0.25) is 4.79 Å². The lowest BCUT2D eigenvalue weighted by Gasteiger charge is -2.14. The number of hydrogen-bond donors (Lipinski definition) is 1. The normalized spacial score (nSPS) is 13.1. The van der Waals surface area contributed by atoms with Gasteiger partial charge in [0.1, 0.15) is 5.82 Å². The van der Waals surface area contributed by atoms with Crippen molar-refractivity contribution in [2.45, 2.75) is 25.8 Å². The van der Waals surface area contributed by atoms with Crippen molar-refractivity contribution in [2.75, 3.05) is 24.3 Å². The summed E-state index contributed by atoms with van der Waals surface area (Å²) < 4.78 is 2.23. The Bertz CT molecular complexity index is 950. The van der Waals surface area contributed by atoms with Gasteiger partial charge in [-0.1, -0.05) is 24.3 Å². The number of aromatic nitrogens is 2. The van der Waals surface area contributed by atoms with Crippen molar-refractivity contribution >= 4 is 17.3 Å². The van der Waals surface area contributed by atoms with Gasteiger partial charge in [0.05, 0.1) is 11.4 Å². The maximum absolute atomic E-state index is 12.8. The second-order valence-electron chi connectivity index (χ2n) is 7.14. The summed E-state index contributed by atoms with van der Waals surface area (Å²) >= 11 is 0. The summed E-state index contributed by atoms with van der Waals surface area (Å²) in [5.41, 5.74) is 4.30. The molecule has 5 nitrogen and oxygen atoms in total. The minimum Gasteiger partial charge on any atom is -0.378 e. The SMILES string of the molecule is CN(C)c1cccc(C(=O)Nc2ccccc2-c2cn3c(n2)CCCC3)c1. The number of carbonyl (C=O) groups excluding carboxylic acids is 1. The number of hydrogen-bond acceptors (Lipinski definition) is 3. The molecule has 3 aromatic rings. The van der Waals surface area contributed by atoms with Gasteiger partial charge in [0.2, 0.25) is 0 Å². The molecule has 1 aliphatic rings. The van der Waals surface area contributed by atoms with E-state index in [0.717, 1.165) is 41.4 Å². The first kappa shape index (κ1) is 17.3. The monoisotopic (exact) mass is 360 g/mol. The van der Waals surface area contributed by atoms with Gasteiger partial charge in [0.15, 0.2) is 0 Å². The molecule has 1 N–H and O–H groups in total. The molecule has 0 spiro atoms. The van der Waals surface area contributed by atoms with Gasteiger partial charge < -0.3 is 14.8 Å². The molecule has 138 valence electrons. The number of nitrogens with zero attached hydrogens (tertiary/aromatic N) is 3. The van der Waals surface area contributed by atoms with E-state index in [9.17, 15) is 4.79 Å². The molecule has 27 heavy (non-hydrogen) atoms. The highest BCUT2D eigenvalue weighted by atomic mass is 16.1. The van der Waals surface area contributed by atoms with Crippen molar-refractivity contribution in [3.8, 4) is 11.3 Å². The van der Waals surface area contributed by atoms with Crippen LogP contribution in [0.5, 0.6) is 0 Å². The fourth-order valence-electron chi connectivity index (χ4n) is 3.48. The van der Waals surface area contributed by atoms with Gasteiger partial charge in [0, 0.05) is 50.1 Å². The fourth-order valence-corrected chi connectivity index (χ4v) is 3.48. The van der Waals surface area contributed by atoms with Crippen molar-refractivity contribution in [3.05, 3.63) is 66.1 Å². The summed E-state index contributed by atoms with van der Waals surface area (Å²) in [4.78, 5) is 19.6. The van der Waals surface area contributed by atoms with E-state index in [2.05, 4.69) is 16.1 Å². The van der Waals surface area contributed by atoms with Crippen LogP contribution >= 0.6 is 0 Å². The van der Waals surface area contributed by atoms with Crippen LogP contribution in [0.1, 0.15) is 29.0 Å². The Hall–Kier alpha value is -3.08. The number of amides is 1. The van der Waals surface area contributed by atoms with Crippen LogP contribution in [0.25, 0.3) is 11.3 Å². The number of nitrogens with one attached hydrogen (secondary N) is 1. The number of fused-ring (bicyclic) bond motifs is 1. The summed E-state index contributed by atoms with van der Waals surface area (Å²) in [6.45, 7) is 1.02. The van der Waals surface area contributed by atoms with Crippen molar-refractivity contribution in [3.63, 3.8) is 0 Å². The van der Waals surface area contributed by atoms with Crippen LogP contribution in [0.4, 0.5) is 11.4 Å².